The van der Waals surface area contributed by atoms with E-state index in [2.05, 4.69) is 23.8 Å². The molecule has 5 heteroatoms. The van der Waals surface area contributed by atoms with Gasteiger partial charge in [0.2, 0.25) is 0 Å². The fourth-order valence-electron chi connectivity index (χ4n) is 2.54. The number of nitrogen functional groups attached to an aromatic ring is 1. The van der Waals surface area contributed by atoms with E-state index in [0.717, 1.165) is 44.2 Å². The van der Waals surface area contributed by atoms with Crippen LogP contribution in [0.4, 0.5) is 5.82 Å². The molecule has 5 nitrogen and oxygen atoms in total. The minimum atomic E-state index is 0.355. The number of hydrogen-bond donors (Lipinski definition) is 1. The Bertz CT molecular complexity index is 422. The van der Waals surface area contributed by atoms with Crippen LogP contribution in [0.5, 0.6) is 0 Å². The summed E-state index contributed by atoms with van der Waals surface area (Å²) < 4.78 is 7.18. The third-order valence-corrected chi connectivity index (χ3v) is 3.83. The number of nitrogens with zero attached hydrogens (tertiary/aromatic N) is 3. The highest BCUT2D eigenvalue weighted by Crippen LogP contribution is 2.29. The van der Waals surface area contributed by atoms with Crippen LogP contribution in [-0.2, 0) is 17.7 Å². The Morgan fingerprint density at radius 2 is 2.18 bits per heavy atom. The van der Waals surface area contributed by atoms with Gasteiger partial charge in [-0.25, -0.2) is 4.68 Å². The van der Waals surface area contributed by atoms with Gasteiger partial charge in [-0.2, -0.15) is 5.10 Å². The lowest BCUT2D eigenvalue weighted by molar-refractivity contribution is -0.0278. The number of ether oxygens (including phenoxy) is 1. The molecule has 1 aromatic rings. The van der Waals surface area contributed by atoms with Crippen molar-refractivity contribution in [1.82, 2.24) is 14.7 Å². The van der Waals surface area contributed by atoms with Gasteiger partial charge in [0, 0.05) is 24.7 Å². The zero-order valence-electron chi connectivity index (χ0n) is 10.5. The molecular weight excluding hydrogens is 216 g/mol. The second-order valence-electron chi connectivity index (χ2n) is 5.26. The molecule has 1 fully saturated rings. The van der Waals surface area contributed by atoms with Gasteiger partial charge in [0.1, 0.15) is 11.9 Å². The molecule has 17 heavy (non-hydrogen) atoms. The normalized spacial score (nSPS) is 21.6. The molecule has 0 aliphatic carbocycles. The van der Waals surface area contributed by atoms with E-state index >= 15 is 0 Å². The predicted molar refractivity (Wildman–Crippen MR) is 65.7 cm³/mol. The second kappa shape index (κ2) is 3.99. The second-order valence-corrected chi connectivity index (χ2v) is 5.26. The Morgan fingerprint density at radius 1 is 1.41 bits per heavy atom. The number of rotatable bonds is 2. The van der Waals surface area contributed by atoms with Gasteiger partial charge in [-0.3, -0.25) is 4.90 Å². The number of aromatic nitrogens is 2. The van der Waals surface area contributed by atoms with Crippen LogP contribution in [0.1, 0.15) is 31.1 Å². The van der Waals surface area contributed by atoms with Gasteiger partial charge in [-0.1, -0.05) is 0 Å². The van der Waals surface area contributed by atoms with Crippen molar-refractivity contribution in [3.05, 3.63) is 11.3 Å². The van der Waals surface area contributed by atoms with Gasteiger partial charge in [0.05, 0.1) is 18.9 Å². The number of hydrogen-bond acceptors (Lipinski definition) is 4. The fraction of sp³-hybridized carbons (Fsp3) is 0.750. The van der Waals surface area contributed by atoms with Crippen LogP contribution >= 0.6 is 0 Å². The largest absolute Gasteiger partial charge is 0.384 e. The highest BCUT2D eigenvalue weighted by molar-refractivity contribution is 5.45. The molecule has 1 aromatic heterocycles. The molecule has 3 heterocycles. The number of anilines is 1. The summed E-state index contributed by atoms with van der Waals surface area (Å²) in [7, 11) is 0. The zero-order chi connectivity index (χ0) is 12.0. The quantitative estimate of drug-likeness (QED) is 0.825. The number of fused-ring (bicyclic) bond motifs is 1. The molecule has 2 aliphatic heterocycles. The first kappa shape index (κ1) is 11.0. The smallest absolute Gasteiger partial charge is 0.125 e. The monoisotopic (exact) mass is 236 g/mol. The first-order valence-electron chi connectivity index (χ1n) is 6.34. The average Bonchev–Trinajstić information content (AvgIpc) is 2.54. The van der Waals surface area contributed by atoms with Crippen LogP contribution in [0.15, 0.2) is 0 Å². The van der Waals surface area contributed by atoms with Crippen molar-refractivity contribution in [3.8, 4) is 0 Å². The van der Waals surface area contributed by atoms with Crippen LogP contribution in [0.2, 0.25) is 0 Å². The highest BCUT2D eigenvalue weighted by Gasteiger charge is 2.29. The minimum absolute atomic E-state index is 0.355. The molecule has 3 rings (SSSR count). The van der Waals surface area contributed by atoms with Crippen LogP contribution < -0.4 is 5.73 Å². The Hall–Kier alpha value is -1.07. The van der Waals surface area contributed by atoms with E-state index in [4.69, 9.17) is 10.5 Å². The van der Waals surface area contributed by atoms with E-state index in [-0.39, 0.29) is 0 Å². The number of nitrogens with two attached hydrogens (primary N) is 1. The molecule has 0 amide bonds. The van der Waals surface area contributed by atoms with Crippen LogP contribution in [0.3, 0.4) is 0 Å². The molecule has 0 saturated carbocycles. The summed E-state index contributed by atoms with van der Waals surface area (Å²) in [5, 5.41) is 4.67. The zero-order valence-corrected chi connectivity index (χ0v) is 10.5. The van der Waals surface area contributed by atoms with Gasteiger partial charge in [0.25, 0.3) is 0 Å². The molecule has 0 unspecified atom stereocenters. The Morgan fingerprint density at radius 3 is 2.76 bits per heavy atom. The Labute approximate surface area is 102 Å². The summed E-state index contributed by atoms with van der Waals surface area (Å²) in [4.78, 5) is 2.44. The van der Waals surface area contributed by atoms with E-state index < -0.39 is 0 Å². The molecule has 0 spiro atoms. The molecule has 94 valence electrons. The van der Waals surface area contributed by atoms with Gasteiger partial charge >= 0.3 is 0 Å². The Kier molecular flexibility index (Phi) is 2.60. The third kappa shape index (κ3) is 1.73. The summed E-state index contributed by atoms with van der Waals surface area (Å²) in [6.07, 6.45) is 1.02. The van der Waals surface area contributed by atoms with Gasteiger partial charge in [-0.05, 0) is 20.3 Å². The van der Waals surface area contributed by atoms with Gasteiger partial charge in [-0.15, -0.1) is 0 Å². The summed E-state index contributed by atoms with van der Waals surface area (Å²) in [5.74, 6) is 0.858. The molecule has 0 aromatic carbocycles. The van der Waals surface area contributed by atoms with Crippen LogP contribution in [0.25, 0.3) is 0 Å². The van der Waals surface area contributed by atoms with Crippen molar-refractivity contribution in [2.75, 3.05) is 25.5 Å². The maximum absolute atomic E-state index is 6.18. The Balaban J connectivity index is 1.88. The van der Waals surface area contributed by atoms with Crippen molar-refractivity contribution >= 4 is 5.82 Å². The third-order valence-electron chi connectivity index (χ3n) is 3.83. The van der Waals surface area contributed by atoms with E-state index in [0.29, 0.717) is 12.1 Å². The maximum atomic E-state index is 6.18. The first-order chi connectivity index (χ1) is 8.16. The van der Waals surface area contributed by atoms with Crippen molar-refractivity contribution in [3.63, 3.8) is 0 Å². The maximum Gasteiger partial charge on any atom is 0.125 e. The summed E-state index contributed by atoms with van der Waals surface area (Å²) >= 11 is 0. The lowest BCUT2D eigenvalue weighted by Gasteiger charge is -2.29. The summed E-state index contributed by atoms with van der Waals surface area (Å²) in [6, 6.07) is 0.926. The first-order valence-corrected chi connectivity index (χ1v) is 6.34. The van der Waals surface area contributed by atoms with Crippen molar-refractivity contribution in [2.24, 2.45) is 0 Å². The van der Waals surface area contributed by atoms with Gasteiger partial charge < -0.3 is 10.5 Å². The fourth-order valence-corrected chi connectivity index (χ4v) is 2.54. The highest BCUT2D eigenvalue weighted by atomic mass is 16.5. The lowest BCUT2D eigenvalue weighted by Crippen LogP contribution is -2.35. The van der Waals surface area contributed by atoms with E-state index in [1.807, 2.05) is 4.68 Å². The predicted octanol–water partition coefficient (Wildman–Crippen LogP) is 0.803. The summed E-state index contributed by atoms with van der Waals surface area (Å²) in [5.41, 5.74) is 8.60. The molecule has 0 atom stereocenters. The summed E-state index contributed by atoms with van der Waals surface area (Å²) in [6.45, 7) is 7.97. The molecule has 0 radical (unpaired) electrons. The molecule has 2 N–H and O–H groups in total. The minimum Gasteiger partial charge on any atom is -0.384 e. The van der Waals surface area contributed by atoms with Gasteiger partial charge in [0.15, 0.2) is 0 Å². The van der Waals surface area contributed by atoms with E-state index in [1.54, 1.807) is 0 Å². The van der Waals surface area contributed by atoms with E-state index in [1.165, 1.54) is 5.56 Å². The molecular formula is C12H20N4O. The van der Waals surface area contributed by atoms with Crippen molar-refractivity contribution < 1.29 is 4.74 Å². The average molecular weight is 236 g/mol. The van der Waals surface area contributed by atoms with E-state index in [9.17, 15) is 0 Å². The standard InChI is InChI=1S/C12H20N4O/c1-8(2)15-4-3-10-11(5-15)14-16(12(10)13)9-6-17-7-9/h8-9H,3-7,13H2,1-2H3. The molecule has 0 bridgehead atoms. The lowest BCUT2D eigenvalue weighted by atomic mass is 10.1. The van der Waals surface area contributed by atoms with Crippen LogP contribution in [0, 0.1) is 0 Å². The SMILES string of the molecule is CC(C)N1CCc2c(nn(C3COC3)c2N)C1. The molecule has 2 aliphatic rings. The van der Waals surface area contributed by atoms with Crippen molar-refractivity contribution in [2.45, 2.75) is 38.9 Å². The van der Waals surface area contributed by atoms with Crippen LogP contribution in [-0.4, -0.2) is 40.5 Å². The topological polar surface area (TPSA) is 56.3 Å². The van der Waals surface area contributed by atoms with Crippen molar-refractivity contribution in [1.29, 1.82) is 0 Å². The molecule has 1 saturated heterocycles.